The highest BCUT2D eigenvalue weighted by molar-refractivity contribution is 5.94. The van der Waals surface area contributed by atoms with Crippen molar-refractivity contribution in [1.29, 1.82) is 0 Å². The molecule has 2 heterocycles. The zero-order valence-corrected chi connectivity index (χ0v) is 19.5. The largest absolute Gasteiger partial charge is 0.290 e. The average Bonchev–Trinajstić information content (AvgIpc) is 3.59. The van der Waals surface area contributed by atoms with Crippen molar-refractivity contribution in [3.63, 3.8) is 0 Å². The molecular weight excluding hydrogens is 438 g/mol. The van der Waals surface area contributed by atoms with Crippen molar-refractivity contribution >= 4 is 5.78 Å². The Bertz CT molecular complexity index is 1330. The van der Waals surface area contributed by atoms with Gasteiger partial charge in [-0.05, 0) is 34.7 Å². The van der Waals surface area contributed by atoms with Crippen LogP contribution in [0.25, 0.3) is 22.5 Å². The highest BCUT2D eigenvalue weighted by Gasteiger charge is 2.26. The third-order valence-corrected chi connectivity index (χ3v) is 6.55. The highest BCUT2D eigenvalue weighted by atomic mass is 16.1. The summed E-state index contributed by atoms with van der Waals surface area (Å²) in [5, 5.41) is 19.0. The van der Waals surface area contributed by atoms with E-state index in [1.807, 2.05) is 24.3 Å². The summed E-state index contributed by atoms with van der Waals surface area (Å²) in [4.78, 5) is 17.7. The Morgan fingerprint density at radius 2 is 1.83 bits per heavy atom. The summed E-state index contributed by atoms with van der Waals surface area (Å²) in [6, 6.07) is 16.3. The number of Topliss-reactive ketones (excluding diaryl/α,β-unsaturated/α-hetero) is 1. The van der Waals surface area contributed by atoms with E-state index in [1.165, 1.54) is 6.42 Å². The molecule has 2 aromatic carbocycles. The molecule has 35 heavy (non-hydrogen) atoms. The molecule has 8 heteroatoms. The number of H-pyrrole nitrogens is 1. The molecule has 5 rings (SSSR count). The Hall–Kier alpha value is -4.12. The maximum Gasteiger partial charge on any atom is 0.217 e. The predicted octanol–water partition coefficient (Wildman–Crippen LogP) is 4.50. The van der Waals surface area contributed by atoms with Crippen LogP contribution in [0.1, 0.15) is 60.5 Å². The van der Waals surface area contributed by atoms with Gasteiger partial charge in [-0.3, -0.25) is 4.79 Å². The van der Waals surface area contributed by atoms with E-state index in [2.05, 4.69) is 60.9 Å². The third-order valence-electron chi connectivity index (χ3n) is 6.55. The number of nitrogens with zero attached hydrogens (tertiary/aromatic N) is 6. The van der Waals surface area contributed by atoms with Gasteiger partial charge in [-0.1, -0.05) is 67.8 Å². The van der Waals surface area contributed by atoms with E-state index in [0.29, 0.717) is 31.0 Å². The molecule has 1 N–H and O–H groups in total. The molecule has 1 aliphatic carbocycles. The molecule has 0 atom stereocenters. The fraction of sp³-hybridized carbons (Fsp3) is 0.333. The smallest absolute Gasteiger partial charge is 0.217 e. The number of benzene rings is 2. The Labute approximate surface area is 204 Å². The number of carbonyl (C=O) groups excluding carboxylic acids is 1. The number of terminal acetylenes is 1. The summed E-state index contributed by atoms with van der Waals surface area (Å²) in [5.41, 5.74) is 4.07. The van der Waals surface area contributed by atoms with Crippen molar-refractivity contribution in [2.75, 3.05) is 0 Å². The molecule has 8 nitrogen and oxygen atoms in total. The summed E-state index contributed by atoms with van der Waals surface area (Å²) in [7, 11) is 0. The van der Waals surface area contributed by atoms with Crippen molar-refractivity contribution in [3.05, 3.63) is 65.7 Å². The Morgan fingerprint density at radius 3 is 2.54 bits per heavy atom. The number of hydrogen-bond donors (Lipinski definition) is 1. The molecule has 0 bridgehead atoms. The first kappa shape index (κ1) is 22.7. The van der Waals surface area contributed by atoms with Crippen LogP contribution in [0.3, 0.4) is 0 Å². The molecule has 0 aliphatic heterocycles. The fourth-order valence-electron chi connectivity index (χ4n) is 4.70. The predicted molar refractivity (Wildman–Crippen MR) is 132 cm³/mol. The van der Waals surface area contributed by atoms with Crippen molar-refractivity contribution in [2.24, 2.45) is 5.92 Å². The molecule has 4 aromatic rings. The van der Waals surface area contributed by atoms with E-state index in [0.717, 1.165) is 53.8 Å². The standard InChI is InChI=1S/C27H27N7O/c1-2-3-17-34-24(28-27(31-34)25(35)21-9-5-4-6-10-21)18-19-13-15-20(16-14-19)22-11-7-8-12-23(22)26-29-32-33-30-26/h1,7-8,11-16,21H,3-6,9-10,17-18H2,(H,29,30,32,33). The molecule has 0 amide bonds. The summed E-state index contributed by atoms with van der Waals surface area (Å²) in [6.07, 6.45) is 11.9. The van der Waals surface area contributed by atoms with E-state index >= 15 is 0 Å². The molecule has 176 valence electrons. The topological polar surface area (TPSA) is 102 Å². The molecule has 0 radical (unpaired) electrons. The Balaban J connectivity index is 1.38. The van der Waals surface area contributed by atoms with Crippen LogP contribution in [-0.4, -0.2) is 41.2 Å². The normalized spacial score (nSPS) is 14.0. The second-order valence-electron chi connectivity index (χ2n) is 8.88. The molecule has 1 fully saturated rings. The number of aromatic amines is 1. The number of aromatic nitrogens is 7. The SMILES string of the molecule is C#CCCn1nc(C(=O)C2CCCCC2)nc1Cc1ccc(-c2ccccc2-c2nn[nH]n2)cc1. The Morgan fingerprint density at radius 1 is 1.06 bits per heavy atom. The van der Waals surface area contributed by atoms with Gasteiger partial charge in [0.1, 0.15) is 5.82 Å². The molecule has 0 unspecified atom stereocenters. The maximum absolute atomic E-state index is 13.0. The average molecular weight is 466 g/mol. The van der Waals surface area contributed by atoms with Gasteiger partial charge in [-0.25, -0.2) is 9.67 Å². The van der Waals surface area contributed by atoms with Gasteiger partial charge in [0.05, 0.1) is 6.54 Å². The number of carbonyl (C=O) groups is 1. The quantitative estimate of drug-likeness (QED) is 0.304. The lowest BCUT2D eigenvalue weighted by molar-refractivity contribution is 0.0878. The van der Waals surface area contributed by atoms with Gasteiger partial charge in [0.25, 0.3) is 0 Å². The van der Waals surface area contributed by atoms with Crippen LogP contribution < -0.4 is 0 Å². The maximum atomic E-state index is 13.0. The molecule has 0 saturated heterocycles. The lowest BCUT2D eigenvalue weighted by Crippen LogP contribution is -2.19. The number of nitrogens with one attached hydrogen (secondary N) is 1. The van der Waals surface area contributed by atoms with E-state index in [9.17, 15) is 4.79 Å². The first-order chi connectivity index (χ1) is 17.2. The monoisotopic (exact) mass is 465 g/mol. The van der Waals surface area contributed by atoms with Gasteiger partial charge in [0.2, 0.25) is 17.4 Å². The molecule has 1 aliphatic rings. The minimum Gasteiger partial charge on any atom is -0.290 e. The van der Waals surface area contributed by atoms with Crippen LogP contribution in [-0.2, 0) is 13.0 Å². The highest BCUT2D eigenvalue weighted by Crippen LogP contribution is 2.30. The third kappa shape index (κ3) is 5.04. The molecule has 0 spiro atoms. The zero-order chi connectivity index (χ0) is 24.0. The number of aryl methyl sites for hydroxylation is 1. The summed E-state index contributed by atoms with van der Waals surface area (Å²) in [5.74, 6) is 4.42. The van der Waals surface area contributed by atoms with Crippen LogP contribution in [0.4, 0.5) is 0 Å². The molecular formula is C27H27N7O. The van der Waals surface area contributed by atoms with Gasteiger partial charge in [-0.15, -0.1) is 27.6 Å². The number of tetrazole rings is 1. The van der Waals surface area contributed by atoms with Gasteiger partial charge in [0.15, 0.2) is 0 Å². The van der Waals surface area contributed by atoms with Gasteiger partial charge >= 0.3 is 0 Å². The number of hydrogen-bond acceptors (Lipinski definition) is 6. The van der Waals surface area contributed by atoms with Crippen molar-refractivity contribution < 1.29 is 4.79 Å². The van der Waals surface area contributed by atoms with Crippen LogP contribution in [0.15, 0.2) is 48.5 Å². The summed E-state index contributed by atoms with van der Waals surface area (Å²) >= 11 is 0. The van der Waals surface area contributed by atoms with E-state index in [-0.39, 0.29) is 11.7 Å². The first-order valence-electron chi connectivity index (χ1n) is 12.1. The van der Waals surface area contributed by atoms with Crippen LogP contribution in [0, 0.1) is 18.3 Å². The van der Waals surface area contributed by atoms with Gasteiger partial charge in [-0.2, -0.15) is 5.21 Å². The lowest BCUT2D eigenvalue weighted by atomic mass is 9.86. The minimum atomic E-state index is 0.0404. The van der Waals surface area contributed by atoms with Crippen molar-refractivity contribution in [1.82, 2.24) is 35.4 Å². The summed E-state index contributed by atoms with van der Waals surface area (Å²) in [6.45, 7) is 0.549. The van der Waals surface area contributed by atoms with Crippen molar-refractivity contribution in [2.45, 2.75) is 51.5 Å². The van der Waals surface area contributed by atoms with E-state index in [1.54, 1.807) is 4.68 Å². The second kappa shape index (κ2) is 10.4. The molecule has 2 aromatic heterocycles. The number of ketones is 1. The fourth-order valence-corrected chi connectivity index (χ4v) is 4.70. The van der Waals surface area contributed by atoms with E-state index in [4.69, 9.17) is 6.42 Å². The van der Waals surface area contributed by atoms with Crippen LogP contribution >= 0.6 is 0 Å². The lowest BCUT2D eigenvalue weighted by Gasteiger charge is -2.18. The van der Waals surface area contributed by atoms with Gasteiger partial charge < -0.3 is 0 Å². The van der Waals surface area contributed by atoms with Gasteiger partial charge in [0, 0.05) is 24.3 Å². The minimum absolute atomic E-state index is 0.0404. The number of rotatable bonds is 8. The second-order valence-corrected chi connectivity index (χ2v) is 8.88. The summed E-state index contributed by atoms with van der Waals surface area (Å²) < 4.78 is 1.80. The van der Waals surface area contributed by atoms with Crippen LogP contribution in [0.5, 0.6) is 0 Å². The van der Waals surface area contributed by atoms with Crippen molar-refractivity contribution in [3.8, 4) is 34.9 Å². The van der Waals surface area contributed by atoms with Crippen LogP contribution in [0.2, 0.25) is 0 Å². The zero-order valence-electron chi connectivity index (χ0n) is 19.5. The first-order valence-corrected chi connectivity index (χ1v) is 12.1. The van der Waals surface area contributed by atoms with E-state index < -0.39 is 0 Å². The Kier molecular flexibility index (Phi) is 6.75. The molecule has 1 saturated carbocycles.